The number of carbonyl (C=O) groups excluding carboxylic acids is 2. The summed E-state index contributed by atoms with van der Waals surface area (Å²) in [5, 5.41) is 8.87. The molecule has 2 aromatic carbocycles. The molecule has 0 bridgehead atoms. The Kier molecular flexibility index (Phi) is 4.22. The van der Waals surface area contributed by atoms with Gasteiger partial charge in [-0.1, -0.05) is 30.3 Å². The molecule has 3 rings (SSSR count). The highest BCUT2D eigenvalue weighted by atomic mass is 16.5. The Balaban J connectivity index is 2.13. The van der Waals surface area contributed by atoms with Gasteiger partial charge in [0, 0.05) is 5.56 Å². The molecule has 0 saturated carbocycles. The lowest BCUT2D eigenvalue weighted by Gasteiger charge is -2.42. The monoisotopic (exact) mass is 340 g/mol. The number of amides is 2. The minimum atomic E-state index is -1.02. The van der Waals surface area contributed by atoms with E-state index in [1.54, 1.807) is 42.4 Å². The van der Waals surface area contributed by atoms with Crippen LogP contribution < -0.4 is 15.1 Å². The van der Waals surface area contributed by atoms with Crippen LogP contribution in [0.15, 0.2) is 48.5 Å². The maximum absolute atomic E-state index is 13.0. The van der Waals surface area contributed by atoms with Crippen molar-refractivity contribution in [1.82, 2.24) is 5.48 Å². The summed E-state index contributed by atoms with van der Waals surface area (Å²) in [6, 6.07) is 14.1. The first-order valence-electron chi connectivity index (χ1n) is 8.01. The normalized spacial score (nSPS) is 16.6. The molecule has 0 aromatic heterocycles. The van der Waals surface area contributed by atoms with Crippen molar-refractivity contribution in [3.63, 3.8) is 0 Å². The van der Waals surface area contributed by atoms with Crippen LogP contribution in [0, 0.1) is 0 Å². The summed E-state index contributed by atoms with van der Waals surface area (Å²) in [5.41, 5.74) is 2.30. The molecule has 0 spiro atoms. The minimum Gasteiger partial charge on any atom is -0.476 e. The number of fused-ring (bicyclic) bond motifs is 1. The summed E-state index contributed by atoms with van der Waals surface area (Å²) in [5.74, 6) is -0.327. The Morgan fingerprint density at radius 2 is 1.88 bits per heavy atom. The largest absolute Gasteiger partial charge is 0.476 e. The second-order valence-electron chi connectivity index (χ2n) is 6.50. The number of nitrogens with zero attached hydrogens (tertiary/aromatic N) is 1. The van der Waals surface area contributed by atoms with E-state index >= 15 is 0 Å². The van der Waals surface area contributed by atoms with Crippen molar-refractivity contribution in [2.45, 2.75) is 32.4 Å². The highest BCUT2D eigenvalue weighted by molar-refractivity contribution is 6.04. The summed E-state index contributed by atoms with van der Waals surface area (Å²) in [7, 11) is 0. The van der Waals surface area contributed by atoms with E-state index in [9.17, 15) is 9.59 Å². The van der Waals surface area contributed by atoms with E-state index in [0.29, 0.717) is 11.4 Å². The number of benzene rings is 2. The van der Waals surface area contributed by atoms with Gasteiger partial charge in [0.2, 0.25) is 0 Å². The molecule has 0 saturated heterocycles. The van der Waals surface area contributed by atoms with Crippen LogP contribution in [0.1, 0.15) is 42.7 Å². The van der Waals surface area contributed by atoms with Crippen LogP contribution in [0.5, 0.6) is 5.75 Å². The van der Waals surface area contributed by atoms with Crippen LogP contribution in [0.2, 0.25) is 0 Å². The zero-order chi connectivity index (χ0) is 18.2. The molecule has 130 valence electrons. The first kappa shape index (κ1) is 17.0. The van der Waals surface area contributed by atoms with Crippen molar-refractivity contribution in [2.75, 3.05) is 4.90 Å². The number of nitrogens with one attached hydrogen (secondary N) is 1. The molecule has 0 fully saturated rings. The Morgan fingerprint density at radius 3 is 2.52 bits per heavy atom. The molecule has 1 aliphatic heterocycles. The summed E-state index contributed by atoms with van der Waals surface area (Å²) < 4.78 is 5.83. The third-order valence-electron chi connectivity index (χ3n) is 4.35. The second kappa shape index (κ2) is 6.22. The molecule has 6 nitrogen and oxygen atoms in total. The van der Waals surface area contributed by atoms with Crippen molar-refractivity contribution >= 4 is 17.5 Å². The molecule has 25 heavy (non-hydrogen) atoms. The van der Waals surface area contributed by atoms with E-state index in [2.05, 4.69) is 0 Å². The van der Waals surface area contributed by atoms with Crippen molar-refractivity contribution in [2.24, 2.45) is 0 Å². The molecule has 0 radical (unpaired) electrons. The SMILES string of the molecule is C[C@@H](c1ccccc1)N1C(=O)C(C)(C)Oc2ccc(C(=O)NO)cc21. The van der Waals surface area contributed by atoms with Crippen molar-refractivity contribution in [3.8, 4) is 5.75 Å². The molecule has 2 amide bonds. The van der Waals surface area contributed by atoms with Gasteiger partial charge < -0.3 is 4.74 Å². The lowest BCUT2D eigenvalue weighted by molar-refractivity contribution is -0.133. The molecule has 6 heteroatoms. The van der Waals surface area contributed by atoms with E-state index in [0.717, 1.165) is 5.56 Å². The van der Waals surface area contributed by atoms with Gasteiger partial charge in [0.05, 0.1) is 11.7 Å². The Bertz CT molecular complexity index is 817. The lowest BCUT2D eigenvalue weighted by Crippen LogP contribution is -2.53. The van der Waals surface area contributed by atoms with E-state index < -0.39 is 11.5 Å². The summed E-state index contributed by atoms with van der Waals surface area (Å²) in [4.78, 5) is 26.4. The van der Waals surface area contributed by atoms with Gasteiger partial charge in [-0.3, -0.25) is 19.7 Å². The van der Waals surface area contributed by atoms with Crippen molar-refractivity contribution in [1.29, 1.82) is 0 Å². The fourth-order valence-corrected chi connectivity index (χ4v) is 2.98. The molecule has 0 unspecified atom stereocenters. The fraction of sp³-hybridized carbons (Fsp3) is 0.263. The summed E-state index contributed by atoms with van der Waals surface area (Å²) in [6.45, 7) is 5.37. The molecule has 0 aliphatic carbocycles. The molecule has 1 aliphatic rings. The van der Waals surface area contributed by atoms with Gasteiger partial charge in [-0.25, -0.2) is 5.48 Å². The predicted molar refractivity (Wildman–Crippen MR) is 92.7 cm³/mol. The summed E-state index contributed by atoms with van der Waals surface area (Å²) in [6.07, 6.45) is 0. The molecule has 2 N–H and O–H groups in total. The van der Waals surface area contributed by atoms with Crippen molar-refractivity contribution in [3.05, 3.63) is 59.7 Å². The average molecular weight is 340 g/mol. The molecule has 2 aromatic rings. The first-order valence-corrected chi connectivity index (χ1v) is 8.01. The fourth-order valence-electron chi connectivity index (χ4n) is 2.98. The standard InChI is InChI=1S/C19H20N2O4/c1-12(13-7-5-4-6-8-13)21-15-11-14(17(22)20-24)9-10-16(15)25-19(2,3)18(21)23/h4-12,24H,1-3H3,(H,20,22)/t12-/m0/s1. The number of carbonyl (C=O) groups is 2. The van der Waals surface area contributed by atoms with Gasteiger partial charge in [-0.05, 0) is 44.5 Å². The number of hydroxylamine groups is 1. The Morgan fingerprint density at radius 1 is 1.20 bits per heavy atom. The maximum atomic E-state index is 13.0. The van der Waals surface area contributed by atoms with Gasteiger partial charge in [0.1, 0.15) is 5.75 Å². The quantitative estimate of drug-likeness (QED) is 0.665. The van der Waals surface area contributed by atoms with E-state index in [4.69, 9.17) is 9.94 Å². The number of ether oxygens (including phenoxy) is 1. The van der Waals surface area contributed by atoms with Crippen LogP contribution >= 0.6 is 0 Å². The molecule has 1 atom stereocenters. The smallest absolute Gasteiger partial charge is 0.274 e. The van der Waals surface area contributed by atoms with Gasteiger partial charge in [0.25, 0.3) is 11.8 Å². The number of rotatable bonds is 3. The first-order chi connectivity index (χ1) is 11.8. The Labute approximate surface area is 146 Å². The van der Waals surface area contributed by atoms with Gasteiger partial charge in [-0.2, -0.15) is 0 Å². The topological polar surface area (TPSA) is 78.9 Å². The van der Waals surface area contributed by atoms with E-state index in [1.165, 1.54) is 0 Å². The second-order valence-corrected chi connectivity index (χ2v) is 6.50. The Hall–Kier alpha value is -2.86. The van der Waals surface area contributed by atoms with E-state index in [1.807, 2.05) is 37.3 Å². The van der Waals surface area contributed by atoms with E-state index in [-0.39, 0.29) is 17.5 Å². The zero-order valence-electron chi connectivity index (χ0n) is 14.3. The van der Waals surface area contributed by atoms with Gasteiger partial charge in [-0.15, -0.1) is 0 Å². The van der Waals surface area contributed by atoms with Crippen LogP contribution in [0.25, 0.3) is 0 Å². The molecule has 1 heterocycles. The minimum absolute atomic E-state index is 0.196. The summed E-state index contributed by atoms with van der Waals surface area (Å²) >= 11 is 0. The number of hydrogen-bond donors (Lipinski definition) is 2. The molecular weight excluding hydrogens is 320 g/mol. The van der Waals surface area contributed by atoms with Crippen LogP contribution in [-0.2, 0) is 4.79 Å². The van der Waals surface area contributed by atoms with Crippen LogP contribution in [-0.4, -0.2) is 22.6 Å². The highest BCUT2D eigenvalue weighted by Crippen LogP contribution is 2.42. The highest BCUT2D eigenvalue weighted by Gasteiger charge is 2.43. The van der Waals surface area contributed by atoms with Crippen LogP contribution in [0.4, 0.5) is 5.69 Å². The maximum Gasteiger partial charge on any atom is 0.274 e. The van der Waals surface area contributed by atoms with Crippen molar-refractivity contribution < 1.29 is 19.5 Å². The molecular formula is C19H20N2O4. The average Bonchev–Trinajstić information content (AvgIpc) is 2.62. The van der Waals surface area contributed by atoms with Crippen LogP contribution in [0.3, 0.4) is 0 Å². The van der Waals surface area contributed by atoms with Gasteiger partial charge in [0.15, 0.2) is 5.60 Å². The zero-order valence-corrected chi connectivity index (χ0v) is 14.3. The number of anilines is 1. The predicted octanol–water partition coefficient (Wildman–Crippen LogP) is 3.07. The number of hydrogen-bond acceptors (Lipinski definition) is 4. The third kappa shape index (κ3) is 2.96. The van der Waals surface area contributed by atoms with Gasteiger partial charge >= 0.3 is 0 Å². The third-order valence-corrected chi connectivity index (χ3v) is 4.35. The lowest BCUT2D eigenvalue weighted by atomic mass is 9.98.